The SMILES string of the molecule is CCCCCCCCCC(F)(F)CCc1cc(Cl)c(C(=O)OC)[nH]1. The third kappa shape index (κ3) is 7.65. The van der Waals surface area contributed by atoms with Crippen LogP contribution in [0.25, 0.3) is 0 Å². The highest BCUT2D eigenvalue weighted by Crippen LogP contribution is 2.28. The molecule has 0 aliphatic rings. The number of hydrogen-bond donors (Lipinski definition) is 1. The molecule has 0 bridgehead atoms. The van der Waals surface area contributed by atoms with Gasteiger partial charge in [-0.15, -0.1) is 0 Å². The predicted molar refractivity (Wildman–Crippen MR) is 93.0 cm³/mol. The molecule has 138 valence electrons. The minimum atomic E-state index is -2.69. The summed E-state index contributed by atoms with van der Waals surface area (Å²) < 4.78 is 32.4. The maximum Gasteiger partial charge on any atom is 0.356 e. The summed E-state index contributed by atoms with van der Waals surface area (Å²) >= 11 is 5.90. The quantitative estimate of drug-likeness (QED) is 0.356. The van der Waals surface area contributed by atoms with Crippen molar-refractivity contribution in [1.29, 1.82) is 0 Å². The highest BCUT2D eigenvalue weighted by atomic mass is 35.5. The monoisotopic (exact) mass is 363 g/mol. The van der Waals surface area contributed by atoms with Crippen LogP contribution in [0.4, 0.5) is 8.78 Å². The third-order valence-corrected chi connectivity index (χ3v) is 4.42. The van der Waals surface area contributed by atoms with Gasteiger partial charge < -0.3 is 9.72 Å². The van der Waals surface area contributed by atoms with E-state index in [1.165, 1.54) is 32.4 Å². The van der Waals surface area contributed by atoms with Crippen molar-refractivity contribution < 1.29 is 18.3 Å². The molecule has 0 atom stereocenters. The molecule has 24 heavy (non-hydrogen) atoms. The topological polar surface area (TPSA) is 42.1 Å². The number of methoxy groups -OCH3 is 1. The van der Waals surface area contributed by atoms with Gasteiger partial charge in [-0.3, -0.25) is 0 Å². The first-order chi connectivity index (χ1) is 11.4. The molecule has 1 rings (SSSR count). The van der Waals surface area contributed by atoms with Gasteiger partial charge in [0, 0.05) is 18.5 Å². The number of ether oxygens (including phenoxy) is 1. The van der Waals surface area contributed by atoms with E-state index in [1.807, 2.05) is 0 Å². The Kier molecular flexibility index (Phi) is 9.34. The van der Waals surface area contributed by atoms with Crippen LogP contribution in [0.3, 0.4) is 0 Å². The summed E-state index contributed by atoms with van der Waals surface area (Å²) in [5.74, 6) is -3.28. The molecule has 0 fully saturated rings. The van der Waals surface area contributed by atoms with Crippen molar-refractivity contribution >= 4 is 17.6 Å². The fourth-order valence-electron chi connectivity index (χ4n) is 2.65. The minimum absolute atomic E-state index is 0.0842. The maximum absolute atomic E-state index is 13.9. The number of aromatic amines is 1. The number of aryl methyl sites for hydroxylation is 1. The first kappa shape index (κ1) is 20.9. The number of rotatable bonds is 12. The van der Waals surface area contributed by atoms with Gasteiger partial charge >= 0.3 is 5.97 Å². The molecule has 1 heterocycles. The standard InChI is InChI=1S/C18H28ClF2NO2/c1-3-4-5-6-7-8-9-11-18(20,21)12-10-14-13-15(19)16(22-14)17(23)24-2/h13,22H,3-12H2,1-2H3. The smallest absolute Gasteiger partial charge is 0.356 e. The van der Waals surface area contributed by atoms with E-state index in [4.69, 9.17) is 11.6 Å². The van der Waals surface area contributed by atoms with Gasteiger partial charge in [-0.25, -0.2) is 13.6 Å². The van der Waals surface area contributed by atoms with Gasteiger partial charge in [-0.2, -0.15) is 0 Å². The van der Waals surface area contributed by atoms with Gasteiger partial charge in [0.15, 0.2) is 0 Å². The van der Waals surface area contributed by atoms with E-state index in [0.717, 1.165) is 19.3 Å². The Morgan fingerprint density at radius 1 is 1.17 bits per heavy atom. The van der Waals surface area contributed by atoms with Crippen molar-refractivity contribution in [3.63, 3.8) is 0 Å². The van der Waals surface area contributed by atoms with Crippen molar-refractivity contribution in [2.24, 2.45) is 0 Å². The number of esters is 1. The number of aromatic nitrogens is 1. The molecule has 0 aromatic carbocycles. The zero-order valence-corrected chi connectivity index (χ0v) is 15.4. The average molecular weight is 364 g/mol. The van der Waals surface area contributed by atoms with E-state index in [-0.39, 0.29) is 30.0 Å². The van der Waals surface area contributed by atoms with Gasteiger partial charge in [0.25, 0.3) is 0 Å². The molecule has 0 amide bonds. The molecule has 3 nitrogen and oxygen atoms in total. The predicted octanol–water partition coefficient (Wildman–Crippen LogP) is 6.16. The van der Waals surface area contributed by atoms with Crippen molar-refractivity contribution in [2.75, 3.05) is 7.11 Å². The second kappa shape index (κ2) is 10.7. The molecule has 0 saturated heterocycles. The van der Waals surface area contributed by atoms with E-state index < -0.39 is 11.9 Å². The second-order valence-corrected chi connectivity index (χ2v) is 6.64. The van der Waals surface area contributed by atoms with Crippen LogP contribution in [-0.2, 0) is 11.2 Å². The molecule has 0 radical (unpaired) electrons. The molecule has 6 heteroatoms. The lowest BCUT2D eigenvalue weighted by molar-refractivity contribution is -0.0182. The van der Waals surface area contributed by atoms with Crippen LogP contribution in [-0.4, -0.2) is 24.0 Å². The number of halogens is 3. The van der Waals surface area contributed by atoms with Crippen molar-refractivity contribution in [3.05, 3.63) is 22.5 Å². The van der Waals surface area contributed by atoms with Crippen LogP contribution in [0, 0.1) is 0 Å². The van der Waals surface area contributed by atoms with Crippen molar-refractivity contribution in [2.45, 2.75) is 77.1 Å². The van der Waals surface area contributed by atoms with Gasteiger partial charge in [0.05, 0.1) is 12.1 Å². The van der Waals surface area contributed by atoms with Gasteiger partial charge in [-0.05, 0) is 18.9 Å². The lowest BCUT2D eigenvalue weighted by atomic mass is 10.0. The lowest BCUT2D eigenvalue weighted by Gasteiger charge is -2.15. The van der Waals surface area contributed by atoms with E-state index in [1.54, 1.807) is 0 Å². The number of unbranched alkanes of at least 4 members (excludes halogenated alkanes) is 6. The summed E-state index contributed by atoms with van der Waals surface area (Å²) in [6, 6.07) is 1.51. The Bertz CT molecular complexity index is 503. The fraction of sp³-hybridized carbons (Fsp3) is 0.722. The number of carbonyl (C=O) groups excluding carboxylic acids is 1. The second-order valence-electron chi connectivity index (χ2n) is 6.24. The van der Waals surface area contributed by atoms with Crippen LogP contribution < -0.4 is 0 Å². The lowest BCUT2D eigenvalue weighted by Crippen LogP contribution is -2.17. The number of carbonyl (C=O) groups is 1. The average Bonchev–Trinajstić information content (AvgIpc) is 2.92. The number of alkyl halides is 2. The summed E-state index contributed by atoms with van der Waals surface area (Å²) in [4.78, 5) is 14.2. The first-order valence-electron chi connectivity index (χ1n) is 8.73. The van der Waals surface area contributed by atoms with Crippen LogP contribution in [0.5, 0.6) is 0 Å². The summed E-state index contributed by atoms with van der Waals surface area (Å²) in [6.45, 7) is 2.16. The van der Waals surface area contributed by atoms with E-state index >= 15 is 0 Å². The normalized spacial score (nSPS) is 11.7. The molecule has 0 unspecified atom stereocenters. The molecular weight excluding hydrogens is 336 g/mol. The molecular formula is C18H28ClF2NO2. The van der Waals surface area contributed by atoms with Gasteiger partial charge in [0.1, 0.15) is 5.69 Å². The number of H-pyrrole nitrogens is 1. The third-order valence-electron chi connectivity index (χ3n) is 4.12. The Morgan fingerprint density at radius 2 is 1.79 bits per heavy atom. The van der Waals surface area contributed by atoms with E-state index in [2.05, 4.69) is 16.6 Å². The summed E-state index contributed by atoms with van der Waals surface area (Å²) in [7, 11) is 1.25. The molecule has 1 aromatic rings. The Balaban J connectivity index is 2.31. The fourth-order valence-corrected chi connectivity index (χ4v) is 2.91. The molecule has 1 aromatic heterocycles. The van der Waals surface area contributed by atoms with Crippen LogP contribution in [0.2, 0.25) is 5.02 Å². The van der Waals surface area contributed by atoms with Crippen LogP contribution in [0.15, 0.2) is 6.07 Å². The zero-order valence-electron chi connectivity index (χ0n) is 14.6. The minimum Gasteiger partial charge on any atom is -0.464 e. The summed E-state index contributed by atoms with van der Waals surface area (Å²) in [5.41, 5.74) is 0.643. The van der Waals surface area contributed by atoms with Crippen LogP contribution >= 0.6 is 11.6 Å². The first-order valence-corrected chi connectivity index (χ1v) is 9.11. The zero-order chi connectivity index (χ0) is 18.0. The van der Waals surface area contributed by atoms with E-state index in [0.29, 0.717) is 12.1 Å². The molecule has 1 N–H and O–H groups in total. The largest absolute Gasteiger partial charge is 0.464 e. The van der Waals surface area contributed by atoms with Crippen molar-refractivity contribution in [3.8, 4) is 0 Å². The van der Waals surface area contributed by atoms with Crippen LogP contribution in [0.1, 0.15) is 80.9 Å². The molecule has 0 spiro atoms. The Labute approximate surface area is 148 Å². The summed E-state index contributed by atoms with van der Waals surface area (Å²) in [6.07, 6.45) is 7.02. The Morgan fingerprint density at radius 3 is 2.42 bits per heavy atom. The molecule has 0 aliphatic heterocycles. The molecule has 0 saturated carbocycles. The Hall–Kier alpha value is -1.10. The molecule has 0 aliphatic carbocycles. The van der Waals surface area contributed by atoms with Gasteiger partial charge in [-0.1, -0.05) is 57.0 Å². The highest BCUT2D eigenvalue weighted by molar-refractivity contribution is 6.33. The number of nitrogens with one attached hydrogen (secondary N) is 1. The van der Waals surface area contributed by atoms with E-state index in [9.17, 15) is 13.6 Å². The highest BCUT2D eigenvalue weighted by Gasteiger charge is 2.28. The summed E-state index contributed by atoms with van der Waals surface area (Å²) in [5, 5.41) is 0.201. The number of hydrogen-bond acceptors (Lipinski definition) is 2. The maximum atomic E-state index is 13.9. The van der Waals surface area contributed by atoms with Gasteiger partial charge in [0.2, 0.25) is 5.92 Å². The van der Waals surface area contributed by atoms with Crippen molar-refractivity contribution in [1.82, 2.24) is 4.98 Å².